The molecule has 1 amide bonds. The van der Waals surface area contributed by atoms with Gasteiger partial charge in [-0.3, -0.25) is 4.79 Å². The lowest BCUT2D eigenvalue weighted by Crippen LogP contribution is -2.10. The molecule has 0 saturated carbocycles. The standard InChI is InChI=1S/C16H12F3N3O2/c17-16(18,19)12-3-1-2-4-13(12)24-9-11-8-22-6-5-10(15(20)23)7-14(22)21-11/h1-8H,9H2,(H2,20,23). The number of benzene rings is 1. The number of primary amides is 1. The Morgan fingerprint density at radius 1 is 1.25 bits per heavy atom. The van der Waals surface area contributed by atoms with E-state index in [9.17, 15) is 18.0 Å². The van der Waals surface area contributed by atoms with E-state index in [0.717, 1.165) is 6.07 Å². The van der Waals surface area contributed by atoms with E-state index in [1.165, 1.54) is 30.3 Å². The van der Waals surface area contributed by atoms with Gasteiger partial charge in [-0.25, -0.2) is 4.98 Å². The van der Waals surface area contributed by atoms with E-state index in [2.05, 4.69) is 4.98 Å². The fourth-order valence-corrected chi connectivity index (χ4v) is 2.24. The van der Waals surface area contributed by atoms with Crippen molar-refractivity contribution in [1.82, 2.24) is 9.38 Å². The molecule has 0 bridgehead atoms. The number of hydrogen-bond donors (Lipinski definition) is 1. The SMILES string of the molecule is NC(=O)c1ccn2cc(COc3ccccc3C(F)(F)F)nc2c1. The van der Waals surface area contributed by atoms with Crippen LogP contribution in [0.1, 0.15) is 21.6 Å². The summed E-state index contributed by atoms with van der Waals surface area (Å²) in [4.78, 5) is 15.4. The quantitative estimate of drug-likeness (QED) is 0.797. The molecule has 0 unspecified atom stereocenters. The van der Waals surface area contributed by atoms with Crippen LogP contribution in [0.15, 0.2) is 48.8 Å². The molecule has 2 aromatic heterocycles. The number of pyridine rings is 1. The molecule has 8 heteroatoms. The van der Waals surface area contributed by atoms with Gasteiger partial charge in [-0.15, -0.1) is 0 Å². The summed E-state index contributed by atoms with van der Waals surface area (Å²) in [5.41, 5.74) is 5.53. The number of alkyl halides is 3. The maximum atomic E-state index is 12.9. The van der Waals surface area contributed by atoms with E-state index in [-0.39, 0.29) is 12.4 Å². The lowest BCUT2D eigenvalue weighted by atomic mass is 10.2. The van der Waals surface area contributed by atoms with Gasteiger partial charge in [0.05, 0.1) is 11.3 Å². The molecule has 0 aliphatic heterocycles. The van der Waals surface area contributed by atoms with Gasteiger partial charge in [0.2, 0.25) is 5.91 Å². The number of amides is 1. The largest absolute Gasteiger partial charge is 0.487 e. The first-order valence-electron chi connectivity index (χ1n) is 6.91. The maximum absolute atomic E-state index is 12.9. The minimum Gasteiger partial charge on any atom is -0.487 e. The molecule has 0 aliphatic carbocycles. The molecule has 0 radical (unpaired) electrons. The van der Waals surface area contributed by atoms with Gasteiger partial charge in [0, 0.05) is 18.0 Å². The Balaban J connectivity index is 1.83. The van der Waals surface area contributed by atoms with Crippen molar-refractivity contribution in [2.24, 2.45) is 5.73 Å². The fraction of sp³-hybridized carbons (Fsp3) is 0.125. The Hall–Kier alpha value is -3.03. The van der Waals surface area contributed by atoms with E-state index < -0.39 is 17.6 Å². The van der Waals surface area contributed by atoms with Gasteiger partial charge >= 0.3 is 6.18 Å². The van der Waals surface area contributed by atoms with Gasteiger partial charge in [0.1, 0.15) is 18.0 Å². The molecule has 24 heavy (non-hydrogen) atoms. The van der Waals surface area contributed by atoms with Gasteiger partial charge in [0.15, 0.2) is 0 Å². The topological polar surface area (TPSA) is 69.6 Å². The smallest absolute Gasteiger partial charge is 0.419 e. The number of hydrogen-bond acceptors (Lipinski definition) is 3. The third-order valence-electron chi connectivity index (χ3n) is 3.36. The molecule has 0 fully saturated rings. The lowest BCUT2D eigenvalue weighted by molar-refractivity contribution is -0.139. The molecule has 3 aromatic rings. The van der Waals surface area contributed by atoms with Crippen molar-refractivity contribution < 1.29 is 22.7 Å². The van der Waals surface area contributed by atoms with Crippen LogP contribution in [0.5, 0.6) is 5.75 Å². The molecule has 5 nitrogen and oxygen atoms in total. The van der Waals surface area contributed by atoms with Crippen LogP contribution in [0.3, 0.4) is 0 Å². The number of para-hydroxylation sites is 1. The van der Waals surface area contributed by atoms with Crippen LogP contribution in [0.4, 0.5) is 13.2 Å². The molecular weight excluding hydrogens is 323 g/mol. The second-order valence-corrected chi connectivity index (χ2v) is 5.06. The molecule has 1 aromatic carbocycles. The number of aromatic nitrogens is 2. The minimum absolute atomic E-state index is 0.138. The summed E-state index contributed by atoms with van der Waals surface area (Å²) >= 11 is 0. The number of halogens is 3. The highest BCUT2D eigenvalue weighted by molar-refractivity contribution is 5.93. The first-order valence-corrected chi connectivity index (χ1v) is 6.91. The number of carbonyl (C=O) groups excluding carboxylic acids is 1. The molecule has 0 aliphatic rings. The average molecular weight is 335 g/mol. The van der Waals surface area contributed by atoms with Crippen LogP contribution in [0, 0.1) is 0 Å². The number of fused-ring (bicyclic) bond motifs is 1. The number of nitrogens with two attached hydrogens (primary N) is 1. The maximum Gasteiger partial charge on any atom is 0.419 e. The molecule has 0 spiro atoms. The van der Waals surface area contributed by atoms with Crippen LogP contribution in [0.25, 0.3) is 5.65 Å². The highest BCUT2D eigenvalue weighted by atomic mass is 19.4. The van der Waals surface area contributed by atoms with Gasteiger partial charge < -0.3 is 14.9 Å². The Morgan fingerprint density at radius 3 is 2.71 bits per heavy atom. The molecule has 0 saturated heterocycles. The molecule has 3 rings (SSSR count). The zero-order valence-electron chi connectivity index (χ0n) is 12.2. The van der Waals surface area contributed by atoms with Crippen molar-refractivity contribution in [2.45, 2.75) is 12.8 Å². The van der Waals surface area contributed by atoms with Crippen LogP contribution in [0.2, 0.25) is 0 Å². The summed E-state index contributed by atoms with van der Waals surface area (Å²) in [5, 5.41) is 0. The number of ether oxygens (including phenoxy) is 1. The second-order valence-electron chi connectivity index (χ2n) is 5.06. The summed E-state index contributed by atoms with van der Waals surface area (Å²) in [7, 11) is 0. The lowest BCUT2D eigenvalue weighted by Gasteiger charge is -2.12. The van der Waals surface area contributed by atoms with Crippen LogP contribution >= 0.6 is 0 Å². The van der Waals surface area contributed by atoms with E-state index in [4.69, 9.17) is 10.5 Å². The van der Waals surface area contributed by atoms with E-state index in [1.54, 1.807) is 16.8 Å². The molecule has 2 heterocycles. The Morgan fingerprint density at radius 2 is 2.00 bits per heavy atom. The predicted octanol–water partition coefficient (Wildman–Crippen LogP) is 3.03. The molecular formula is C16H12F3N3O2. The predicted molar refractivity (Wildman–Crippen MR) is 79.5 cm³/mol. The van der Waals surface area contributed by atoms with Crippen molar-refractivity contribution in [3.05, 3.63) is 65.6 Å². The third-order valence-corrected chi connectivity index (χ3v) is 3.36. The zero-order chi connectivity index (χ0) is 17.3. The van der Waals surface area contributed by atoms with Gasteiger partial charge in [0.25, 0.3) is 0 Å². The summed E-state index contributed by atoms with van der Waals surface area (Å²) < 4.78 is 45.6. The monoisotopic (exact) mass is 335 g/mol. The normalized spacial score (nSPS) is 11.6. The third kappa shape index (κ3) is 3.17. The summed E-state index contributed by atoms with van der Waals surface area (Å²) in [6.45, 7) is -0.138. The number of carbonyl (C=O) groups is 1. The molecule has 0 atom stereocenters. The van der Waals surface area contributed by atoms with E-state index >= 15 is 0 Å². The first kappa shape index (κ1) is 15.9. The van der Waals surface area contributed by atoms with E-state index in [1.807, 2.05) is 0 Å². The number of rotatable bonds is 4. The average Bonchev–Trinajstić information content (AvgIpc) is 2.94. The van der Waals surface area contributed by atoms with Crippen molar-refractivity contribution >= 4 is 11.6 Å². The van der Waals surface area contributed by atoms with Gasteiger partial charge in [-0.2, -0.15) is 13.2 Å². The highest BCUT2D eigenvalue weighted by Crippen LogP contribution is 2.36. The fourth-order valence-electron chi connectivity index (χ4n) is 2.24. The summed E-state index contributed by atoms with van der Waals surface area (Å²) in [5.74, 6) is -0.850. The van der Waals surface area contributed by atoms with Crippen molar-refractivity contribution in [3.8, 4) is 5.75 Å². The Kier molecular flexibility index (Phi) is 3.88. The molecule has 124 valence electrons. The second kappa shape index (κ2) is 5.88. The van der Waals surface area contributed by atoms with Gasteiger partial charge in [-0.1, -0.05) is 12.1 Å². The highest BCUT2D eigenvalue weighted by Gasteiger charge is 2.34. The Bertz CT molecular complexity index is 903. The van der Waals surface area contributed by atoms with E-state index in [0.29, 0.717) is 16.9 Å². The minimum atomic E-state index is -4.49. The first-order chi connectivity index (χ1) is 11.3. The molecule has 2 N–H and O–H groups in total. The van der Waals surface area contributed by atoms with Crippen LogP contribution in [-0.2, 0) is 12.8 Å². The van der Waals surface area contributed by atoms with Crippen molar-refractivity contribution in [2.75, 3.05) is 0 Å². The van der Waals surface area contributed by atoms with Gasteiger partial charge in [-0.05, 0) is 24.3 Å². The number of nitrogens with zero attached hydrogens (tertiary/aromatic N) is 2. The number of imidazole rings is 1. The summed E-state index contributed by atoms with van der Waals surface area (Å²) in [6, 6.07) is 8.00. The van der Waals surface area contributed by atoms with Crippen molar-refractivity contribution in [1.29, 1.82) is 0 Å². The van der Waals surface area contributed by atoms with Crippen LogP contribution in [-0.4, -0.2) is 15.3 Å². The van der Waals surface area contributed by atoms with Crippen molar-refractivity contribution in [3.63, 3.8) is 0 Å². The summed E-state index contributed by atoms with van der Waals surface area (Å²) in [6.07, 6.45) is -1.29. The Labute approximate surface area is 134 Å². The zero-order valence-corrected chi connectivity index (χ0v) is 12.2. The van der Waals surface area contributed by atoms with Crippen LogP contribution < -0.4 is 10.5 Å².